The summed E-state index contributed by atoms with van der Waals surface area (Å²) in [6.45, 7) is 0. The minimum Gasteiger partial charge on any atom is -0.417 e. The van der Waals surface area contributed by atoms with Gasteiger partial charge in [-0.05, 0) is 11.0 Å². The number of allylic oxidation sites excluding steroid dienone is 1. The zero-order valence-electron chi connectivity index (χ0n) is 6.75. The topological polar surface area (TPSA) is 118 Å². The summed E-state index contributed by atoms with van der Waals surface area (Å²) in [7, 11) is 0. The first-order valence-corrected chi connectivity index (χ1v) is 3.65. The van der Waals surface area contributed by atoms with Crippen molar-refractivity contribution in [2.75, 3.05) is 0 Å². The van der Waals surface area contributed by atoms with Crippen LogP contribution in [0.25, 0.3) is 0 Å². The fourth-order valence-electron chi connectivity index (χ4n) is 1.24. The lowest BCUT2D eigenvalue weighted by Gasteiger charge is -2.01. The second-order valence-corrected chi connectivity index (χ2v) is 2.67. The van der Waals surface area contributed by atoms with Crippen LogP contribution in [-0.4, -0.2) is 26.1 Å². The van der Waals surface area contributed by atoms with E-state index in [1.165, 1.54) is 12.2 Å². The molecule has 8 heteroatoms. The van der Waals surface area contributed by atoms with E-state index >= 15 is 0 Å². The Balaban J connectivity index is 2.72. The molecule has 1 unspecified atom stereocenters. The molecule has 0 spiro atoms. The molecular formula is C6H6N3O5+. The predicted octanol–water partition coefficient (Wildman–Crippen LogP) is -1.19. The van der Waals surface area contributed by atoms with Crippen molar-refractivity contribution < 1.29 is 24.4 Å². The standard InChI is InChI=1S/C6H6N3O5/c10-4-2-1-3(8(11)12)5-6(4)9(13)14-7-5/h1-2,4,7,10H,(H,11,12)/q+1. The molecular weight excluding hydrogens is 194 g/mol. The van der Waals surface area contributed by atoms with E-state index in [1.807, 2.05) is 0 Å². The molecule has 14 heavy (non-hydrogen) atoms. The van der Waals surface area contributed by atoms with Crippen LogP contribution in [0.15, 0.2) is 16.8 Å². The van der Waals surface area contributed by atoms with Crippen molar-refractivity contribution in [3.05, 3.63) is 33.7 Å². The van der Waals surface area contributed by atoms with Gasteiger partial charge in [-0.15, -0.1) is 0 Å². The zero-order valence-corrected chi connectivity index (χ0v) is 6.75. The summed E-state index contributed by atoms with van der Waals surface area (Å²) in [5.41, 5.74) is -0.423. The maximum absolute atomic E-state index is 11.0. The van der Waals surface area contributed by atoms with E-state index in [4.69, 9.17) is 5.21 Å². The zero-order chi connectivity index (χ0) is 10.3. The van der Waals surface area contributed by atoms with Crippen LogP contribution >= 0.6 is 0 Å². The number of hydrogen-bond acceptors (Lipinski definition) is 5. The normalized spacial score (nSPS) is 23.4. The Bertz CT molecular complexity index is 478. The number of rotatable bonds is 0. The Morgan fingerprint density at radius 3 is 3.07 bits per heavy atom. The van der Waals surface area contributed by atoms with Crippen molar-refractivity contribution in [1.29, 1.82) is 0 Å². The summed E-state index contributed by atoms with van der Waals surface area (Å²) in [5.74, 6) is 0. The van der Waals surface area contributed by atoms with Gasteiger partial charge in [0, 0.05) is 11.0 Å². The lowest BCUT2D eigenvalue weighted by molar-refractivity contribution is -0.726. The lowest BCUT2D eigenvalue weighted by Crippen LogP contribution is -2.25. The highest BCUT2D eigenvalue weighted by molar-refractivity contribution is 6.05. The molecule has 1 aliphatic carbocycles. The van der Waals surface area contributed by atoms with Gasteiger partial charge >= 0.3 is 5.71 Å². The van der Waals surface area contributed by atoms with Crippen LogP contribution in [0.1, 0.15) is 17.5 Å². The monoisotopic (exact) mass is 200 g/mol. The van der Waals surface area contributed by atoms with Crippen LogP contribution in [0.5, 0.6) is 0 Å². The summed E-state index contributed by atoms with van der Waals surface area (Å²) in [4.78, 5) is 10.5. The summed E-state index contributed by atoms with van der Waals surface area (Å²) < 4.78 is 4.34. The third-order valence-electron chi connectivity index (χ3n) is 1.86. The van der Waals surface area contributed by atoms with Gasteiger partial charge in [0.05, 0.1) is 0 Å². The maximum Gasteiger partial charge on any atom is 0.321 e. The quantitative estimate of drug-likeness (QED) is 0.276. The van der Waals surface area contributed by atoms with Gasteiger partial charge in [-0.3, -0.25) is 5.21 Å². The maximum atomic E-state index is 11.0. The molecule has 1 aromatic rings. The Morgan fingerprint density at radius 2 is 2.43 bits per heavy atom. The van der Waals surface area contributed by atoms with Gasteiger partial charge in [-0.1, -0.05) is 9.79 Å². The van der Waals surface area contributed by atoms with Crippen LogP contribution in [0.4, 0.5) is 0 Å². The van der Waals surface area contributed by atoms with Crippen molar-refractivity contribution in [2.24, 2.45) is 0 Å². The van der Waals surface area contributed by atoms with Crippen molar-refractivity contribution in [1.82, 2.24) is 5.16 Å². The summed E-state index contributed by atoms with van der Waals surface area (Å²) in [6.07, 6.45) is 1.18. The van der Waals surface area contributed by atoms with Crippen molar-refractivity contribution >= 4 is 5.71 Å². The minimum atomic E-state index is -1.17. The summed E-state index contributed by atoms with van der Waals surface area (Å²) in [6, 6.07) is 0. The first kappa shape index (κ1) is 8.51. The van der Waals surface area contributed by atoms with Crippen LogP contribution in [0, 0.1) is 10.1 Å². The number of aliphatic hydroxyl groups is 1. The Morgan fingerprint density at radius 1 is 1.71 bits per heavy atom. The van der Waals surface area contributed by atoms with E-state index in [-0.39, 0.29) is 21.7 Å². The molecule has 2 rings (SSSR count). The third-order valence-corrected chi connectivity index (χ3v) is 1.86. The van der Waals surface area contributed by atoms with Crippen LogP contribution in [0.2, 0.25) is 0 Å². The van der Waals surface area contributed by atoms with Gasteiger partial charge in [0.2, 0.25) is 0 Å². The summed E-state index contributed by atoms with van der Waals surface area (Å²) in [5, 5.41) is 30.7. The van der Waals surface area contributed by atoms with Gasteiger partial charge in [0.1, 0.15) is 6.10 Å². The van der Waals surface area contributed by atoms with E-state index in [2.05, 4.69) is 9.79 Å². The molecule has 1 aromatic heterocycles. The molecule has 0 aliphatic heterocycles. The molecule has 0 saturated carbocycles. The first-order chi connectivity index (χ1) is 6.61. The molecule has 0 bridgehead atoms. The van der Waals surface area contributed by atoms with Crippen molar-refractivity contribution in [2.45, 2.75) is 6.10 Å². The number of aromatic amines is 1. The highest BCUT2D eigenvalue weighted by Crippen LogP contribution is 2.19. The fourth-order valence-corrected chi connectivity index (χ4v) is 1.24. The molecule has 3 N–H and O–H groups in total. The molecule has 0 radical (unpaired) electrons. The van der Waals surface area contributed by atoms with Gasteiger partial charge in [0.25, 0.3) is 11.4 Å². The summed E-state index contributed by atoms with van der Waals surface area (Å²) >= 11 is 0. The van der Waals surface area contributed by atoms with Gasteiger partial charge in [-0.2, -0.15) is 0 Å². The van der Waals surface area contributed by atoms with E-state index < -0.39 is 11.0 Å². The highest BCUT2D eigenvalue weighted by Gasteiger charge is 2.37. The number of H-pyrrole nitrogens is 1. The van der Waals surface area contributed by atoms with E-state index in [0.717, 1.165) is 0 Å². The van der Waals surface area contributed by atoms with Crippen molar-refractivity contribution in [3.8, 4) is 0 Å². The second-order valence-electron chi connectivity index (χ2n) is 2.67. The van der Waals surface area contributed by atoms with E-state index in [9.17, 15) is 15.2 Å². The SMILES string of the molecule is O=[n+]1o[nH]c2c1C(O)C=C/C2=[N+](/[O-])O. The minimum absolute atomic E-state index is 0.0347. The second kappa shape index (κ2) is 2.70. The lowest BCUT2D eigenvalue weighted by atomic mass is 10.0. The number of nitrogens with zero attached hydrogens (tertiary/aromatic N) is 2. The largest absolute Gasteiger partial charge is 0.417 e. The third kappa shape index (κ3) is 1.01. The molecule has 1 atom stereocenters. The number of nitrogens with one attached hydrogen (secondary N) is 1. The van der Waals surface area contributed by atoms with Crippen molar-refractivity contribution in [3.63, 3.8) is 0 Å². The van der Waals surface area contributed by atoms with E-state index in [0.29, 0.717) is 0 Å². The average Bonchev–Trinajstić information content (AvgIpc) is 2.49. The average molecular weight is 200 g/mol. The Hall–Kier alpha value is -2.09. The van der Waals surface area contributed by atoms with Crippen LogP contribution < -0.4 is 4.60 Å². The van der Waals surface area contributed by atoms with Crippen LogP contribution in [-0.2, 0) is 0 Å². The molecule has 74 valence electrons. The molecule has 0 saturated heterocycles. The number of aromatic nitrogens is 2. The van der Waals surface area contributed by atoms with Gasteiger partial charge in [0.15, 0.2) is 4.60 Å². The Labute approximate surface area is 76.1 Å². The molecule has 1 aliphatic rings. The Kier molecular flexibility index (Phi) is 1.64. The molecule has 1 heterocycles. The molecule has 0 aromatic carbocycles. The number of fused-ring (bicyclic) bond motifs is 1. The molecule has 8 nitrogen and oxygen atoms in total. The number of aliphatic hydroxyl groups excluding tert-OH is 1. The van der Waals surface area contributed by atoms with E-state index in [1.54, 1.807) is 0 Å². The number of hydrogen-bond donors (Lipinski definition) is 3. The fraction of sp³-hybridized carbons (Fsp3) is 0.167. The molecule has 0 fully saturated rings. The first-order valence-electron chi connectivity index (χ1n) is 3.65. The highest BCUT2D eigenvalue weighted by atomic mass is 16.8. The van der Waals surface area contributed by atoms with Gasteiger partial charge < -0.3 is 10.3 Å². The van der Waals surface area contributed by atoms with Gasteiger partial charge in [-0.25, -0.2) is 0 Å². The predicted molar refractivity (Wildman–Crippen MR) is 40.0 cm³/mol. The molecule has 0 amide bonds. The smallest absolute Gasteiger partial charge is 0.321 e. The van der Waals surface area contributed by atoms with Crippen LogP contribution in [0.3, 0.4) is 0 Å².